The Hall–Kier alpha value is -1.65. The standard InChI is InChI=1S/C13H14ClF3N4O2S/c1-2-21-8-18-20-12(21)5-6-19-24(22,23)11-7-9(13(15,16)17)3-4-10(11)14/h3-4,7-8,19H,2,5-6H2,1H3. The number of alkyl halides is 3. The molecule has 2 rings (SSSR count). The number of sulfonamides is 1. The monoisotopic (exact) mass is 382 g/mol. The highest BCUT2D eigenvalue weighted by molar-refractivity contribution is 7.89. The van der Waals surface area contributed by atoms with E-state index in [1.54, 1.807) is 4.57 Å². The van der Waals surface area contributed by atoms with Crippen molar-refractivity contribution in [1.29, 1.82) is 0 Å². The summed E-state index contributed by atoms with van der Waals surface area (Å²) in [6, 6.07) is 2.15. The minimum Gasteiger partial charge on any atom is -0.318 e. The van der Waals surface area contributed by atoms with Crippen LogP contribution in [0.5, 0.6) is 0 Å². The number of hydrogen-bond donors (Lipinski definition) is 1. The quantitative estimate of drug-likeness (QED) is 0.832. The molecule has 0 bridgehead atoms. The van der Waals surface area contributed by atoms with Crippen LogP contribution in [0.3, 0.4) is 0 Å². The van der Waals surface area contributed by atoms with Gasteiger partial charge in [-0.1, -0.05) is 11.6 Å². The topological polar surface area (TPSA) is 76.9 Å². The third-order valence-electron chi connectivity index (χ3n) is 3.23. The Balaban J connectivity index is 2.15. The first-order chi connectivity index (χ1) is 11.1. The maximum absolute atomic E-state index is 12.7. The lowest BCUT2D eigenvalue weighted by Crippen LogP contribution is -2.27. The fourth-order valence-corrected chi connectivity index (χ4v) is 3.55. The molecular weight excluding hydrogens is 369 g/mol. The summed E-state index contributed by atoms with van der Waals surface area (Å²) in [6.07, 6.45) is -2.91. The predicted octanol–water partition coefficient (Wildman–Crippen LogP) is 2.49. The molecule has 6 nitrogen and oxygen atoms in total. The van der Waals surface area contributed by atoms with Crippen LogP contribution in [0.2, 0.25) is 5.02 Å². The normalized spacial score (nSPS) is 12.5. The largest absolute Gasteiger partial charge is 0.416 e. The first kappa shape index (κ1) is 18.7. The third-order valence-corrected chi connectivity index (χ3v) is 5.17. The van der Waals surface area contributed by atoms with Gasteiger partial charge in [0.25, 0.3) is 0 Å². The van der Waals surface area contributed by atoms with Crippen molar-refractivity contribution in [2.24, 2.45) is 0 Å². The Kier molecular flexibility index (Phi) is 5.51. The summed E-state index contributed by atoms with van der Waals surface area (Å²) in [4.78, 5) is -0.615. The molecule has 2 aromatic rings. The smallest absolute Gasteiger partial charge is 0.318 e. The van der Waals surface area contributed by atoms with Crippen LogP contribution < -0.4 is 4.72 Å². The molecule has 0 atom stereocenters. The molecule has 1 heterocycles. The van der Waals surface area contributed by atoms with Gasteiger partial charge in [-0.25, -0.2) is 13.1 Å². The molecule has 0 fully saturated rings. The van der Waals surface area contributed by atoms with Crippen LogP contribution in [-0.4, -0.2) is 29.7 Å². The summed E-state index contributed by atoms with van der Waals surface area (Å²) in [7, 11) is -4.19. The Morgan fingerprint density at radius 1 is 1.33 bits per heavy atom. The number of nitrogens with zero attached hydrogens (tertiary/aromatic N) is 3. The van der Waals surface area contributed by atoms with Gasteiger partial charge in [0, 0.05) is 19.5 Å². The lowest BCUT2D eigenvalue weighted by atomic mass is 10.2. The van der Waals surface area contributed by atoms with Crippen molar-refractivity contribution in [2.75, 3.05) is 6.54 Å². The molecule has 0 aliphatic rings. The van der Waals surface area contributed by atoms with Crippen molar-refractivity contribution >= 4 is 21.6 Å². The molecule has 1 aromatic heterocycles. The van der Waals surface area contributed by atoms with Gasteiger partial charge in [0.05, 0.1) is 10.6 Å². The van der Waals surface area contributed by atoms with Crippen molar-refractivity contribution in [2.45, 2.75) is 31.0 Å². The van der Waals surface area contributed by atoms with E-state index in [9.17, 15) is 21.6 Å². The van der Waals surface area contributed by atoms with Gasteiger partial charge in [0.15, 0.2) is 0 Å². The Bertz CT molecular complexity index is 821. The highest BCUT2D eigenvalue weighted by Gasteiger charge is 2.32. The molecule has 0 saturated carbocycles. The van der Waals surface area contributed by atoms with Crippen molar-refractivity contribution in [1.82, 2.24) is 19.5 Å². The molecule has 0 spiro atoms. The summed E-state index contributed by atoms with van der Waals surface area (Å²) < 4.78 is 66.6. The molecule has 1 aromatic carbocycles. The van der Waals surface area contributed by atoms with Gasteiger partial charge < -0.3 is 4.57 Å². The highest BCUT2D eigenvalue weighted by Crippen LogP contribution is 2.33. The van der Waals surface area contributed by atoms with E-state index in [2.05, 4.69) is 14.9 Å². The molecule has 1 N–H and O–H groups in total. The van der Waals surface area contributed by atoms with Gasteiger partial charge in [-0.2, -0.15) is 13.2 Å². The van der Waals surface area contributed by atoms with Gasteiger partial charge in [0.2, 0.25) is 10.0 Å². The molecule has 0 aliphatic heterocycles. The van der Waals surface area contributed by atoms with Crippen molar-refractivity contribution in [3.8, 4) is 0 Å². The SMILES string of the molecule is CCn1cnnc1CCNS(=O)(=O)c1cc(C(F)(F)F)ccc1Cl. The molecule has 24 heavy (non-hydrogen) atoms. The van der Waals surface area contributed by atoms with E-state index in [1.165, 1.54) is 6.33 Å². The van der Waals surface area contributed by atoms with Crippen LogP contribution in [0.25, 0.3) is 0 Å². The summed E-state index contributed by atoms with van der Waals surface area (Å²) in [5.41, 5.74) is -1.09. The fourth-order valence-electron chi connectivity index (χ4n) is 2.00. The molecule has 0 aliphatic carbocycles. The van der Waals surface area contributed by atoms with Crippen molar-refractivity contribution in [3.05, 3.63) is 40.9 Å². The predicted molar refractivity (Wildman–Crippen MR) is 81.0 cm³/mol. The highest BCUT2D eigenvalue weighted by atomic mass is 35.5. The number of benzene rings is 1. The first-order valence-electron chi connectivity index (χ1n) is 6.88. The maximum atomic E-state index is 12.7. The molecule has 0 amide bonds. The molecule has 11 heteroatoms. The van der Waals surface area contributed by atoms with Crippen LogP contribution in [0.4, 0.5) is 13.2 Å². The van der Waals surface area contributed by atoms with Gasteiger partial charge >= 0.3 is 6.18 Å². The average Bonchev–Trinajstić information content (AvgIpc) is 2.93. The lowest BCUT2D eigenvalue weighted by Gasteiger charge is -2.12. The minimum absolute atomic E-state index is 0.0480. The molecule has 0 unspecified atom stereocenters. The lowest BCUT2D eigenvalue weighted by molar-refractivity contribution is -0.137. The van der Waals surface area contributed by atoms with Gasteiger partial charge in [-0.3, -0.25) is 0 Å². The molecule has 132 valence electrons. The van der Waals surface area contributed by atoms with E-state index in [-0.39, 0.29) is 18.0 Å². The molecule has 0 saturated heterocycles. The fraction of sp³-hybridized carbons (Fsp3) is 0.385. The first-order valence-corrected chi connectivity index (χ1v) is 8.74. The number of aromatic nitrogens is 3. The van der Waals surface area contributed by atoms with E-state index in [1.807, 2.05) is 6.92 Å². The second kappa shape index (κ2) is 7.08. The summed E-state index contributed by atoms with van der Waals surface area (Å²) in [6.45, 7) is 2.45. The number of nitrogens with one attached hydrogen (secondary N) is 1. The second-order valence-corrected chi connectivity index (χ2v) is 6.97. The molecular formula is C13H14ClF3N4O2S. The zero-order valence-electron chi connectivity index (χ0n) is 12.5. The zero-order chi connectivity index (χ0) is 18.0. The van der Waals surface area contributed by atoms with Crippen LogP contribution in [0, 0.1) is 0 Å². The van der Waals surface area contributed by atoms with E-state index in [4.69, 9.17) is 11.6 Å². The van der Waals surface area contributed by atoms with E-state index in [0.29, 0.717) is 18.4 Å². The Morgan fingerprint density at radius 3 is 2.67 bits per heavy atom. The van der Waals surface area contributed by atoms with Crippen LogP contribution in [0.1, 0.15) is 18.3 Å². The Morgan fingerprint density at radius 2 is 2.04 bits per heavy atom. The van der Waals surface area contributed by atoms with E-state index >= 15 is 0 Å². The summed E-state index contributed by atoms with van der Waals surface area (Å²) in [5.74, 6) is 0.565. The van der Waals surface area contributed by atoms with E-state index in [0.717, 1.165) is 12.1 Å². The number of aryl methyl sites for hydroxylation is 1. The van der Waals surface area contributed by atoms with Gasteiger partial charge in [-0.15, -0.1) is 10.2 Å². The van der Waals surface area contributed by atoms with Crippen LogP contribution in [-0.2, 0) is 29.2 Å². The summed E-state index contributed by atoms with van der Waals surface area (Å²) >= 11 is 5.74. The zero-order valence-corrected chi connectivity index (χ0v) is 14.1. The van der Waals surface area contributed by atoms with Crippen LogP contribution in [0.15, 0.2) is 29.4 Å². The number of rotatable bonds is 6. The van der Waals surface area contributed by atoms with Crippen LogP contribution >= 0.6 is 11.6 Å². The van der Waals surface area contributed by atoms with Gasteiger partial charge in [-0.05, 0) is 25.1 Å². The van der Waals surface area contributed by atoms with Gasteiger partial charge in [0.1, 0.15) is 17.0 Å². The number of hydrogen-bond acceptors (Lipinski definition) is 4. The second-order valence-electron chi connectivity index (χ2n) is 4.82. The molecule has 0 radical (unpaired) electrons. The minimum atomic E-state index is -4.66. The Labute approximate surface area is 141 Å². The van der Waals surface area contributed by atoms with Crippen molar-refractivity contribution < 1.29 is 21.6 Å². The summed E-state index contributed by atoms with van der Waals surface area (Å²) in [5, 5.41) is 7.27. The average molecular weight is 383 g/mol. The number of halogens is 4. The maximum Gasteiger partial charge on any atom is 0.416 e. The van der Waals surface area contributed by atoms with Crippen molar-refractivity contribution in [3.63, 3.8) is 0 Å². The van der Waals surface area contributed by atoms with E-state index < -0.39 is 26.7 Å². The third kappa shape index (κ3) is 4.25.